The lowest BCUT2D eigenvalue weighted by atomic mass is 10.2. The van der Waals surface area contributed by atoms with Crippen LogP contribution < -0.4 is 14.7 Å². The molecule has 27 heavy (non-hydrogen) atoms. The molecule has 2 aromatic rings. The van der Waals surface area contributed by atoms with Gasteiger partial charge in [-0.1, -0.05) is 12.1 Å². The highest BCUT2D eigenvalue weighted by atomic mass is 19.1. The number of para-hydroxylation sites is 1. The van der Waals surface area contributed by atoms with E-state index in [1.165, 1.54) is 6.07 Å². The molecular formula is C18H22FN7O. The first-order valence-corrected chi connectivity index (χ1v) is 9.13. The zero-order valence-electron chi connectivity index (χ0n) is 15.0. The van der Waals surface area contributed by atoms with Crippen LogP contribution in [0.15, 0.2) is 30.5 Å². The molecule has 0 radical (unpaired) electrons. The van der Waals surface area contributed by atoms with Crippen molar-refractivity contribution in [3.05, 3.63) is 36.3 Å². The summed E-state index contributed by atoms with van der Waals surface area (Å²) >= 11 is 0. The molecule has 1 amide bonds. The Balaban J connectivity index is 1.40. The fourth-order valence-corrected chi connectivity index (χ4v) is 3.48. The van der Waals surface area contributed by atoms with Gasteiger partial charge in [0.25, 0.3) is 0 Å². The number of hydrogen-bond acceptors (Lipinski definition) is 7. The van der Waals surface area contributed by atoms with E-state index in [9.17, 15) is 9.18 Å². The van der Waals surface area contributed by atoms with Crippen molar-refractivity contribution < 1.29 is 9.18 Å². The molecule has 3 heterocycles. The average Bonchev–Trinajstić information content (AvgIpc) is 2.74. The largest absolute Gasteiger partial charge is 0.366 e. The summed E-state index contributed by atoms with van der Waals surface area (Å²) in [5.41, 5.74) is 0.637. The van der Waals surface area contributed by atoms with Gasteiger partial charge in [-0.25, -0.2) is 4.39 Å². The van der Waals surface area contributed by atoms with E-state index in [2.05, 4.69) is 25.0 Å². The van der Waals surface area contributed by atoms with Gasteiger partial charge >= 0.3 is 0 Å². The van der Waals surface area contributed by atoms with Gasteiger partial charge in [0.2, 0.25) is 12.4 Å². The van der Waals surface area contributed by atoms with Gasteiger partial charge in [-0.05, 0) is 12.1 Å². The number of halogens is 1. The van der Waals surface area contributed by atoms with E-state index < -0.39 is 0 Å². The number of piperazine rings is 2. The third-order valence-corrected chi connectivity index (χ3v) is 5.08. The zero-order valence-corrected chi connectivity index (χ0v) is 15.0. The third kappa shape index (κ3) is 3.76. The third-order valence-electron chi connectivity index (χ3n) is 5.08. The normalized spacial score (nSPS) is 18.0. The maximum absolute atomic E-state index is 14.0. The first-order chi connectivity index (χ1) is 13.2. The molecule has 0 bridgehead atoms. The monoisotopic (exact) mass is 371 g/mol. The van der Waals surface area contributed by atoms with Gasteiger partial charge in [0.1, 0.15) is 5.82 Å². The van der Waals surface area contributed by atoms with Crippen molar-refractivity contribution in [2.45, 2.75) is 0 Å². The Morgan fingerprint density at radius 3 is 2.26 bits per heavy atom. The van der Waals surface area contributed by atoms with Gasteiger partial charge in [-0.2, -0.15) is 10.1 Å². The molecular weight excluding hydrogens is 349 g/mol. The highest BCUT2D eigenvalue weighted by molar-refractivity contribution is 5.51. The Labute approximate surface area is 157 Å². The Kier molecular flexibility index (Phi) is 4.99. The number of nitrogens with zero attached hydrogens (tertiary/aromatic N) is 7. The van der Waals surface area contributed by atoms with E-state index in [0.717, 1.165) is 25.3 Å². The summed E-state index contributed by atoms with van der Waals surface area (Å²) in [6.45, 7) is 5.65. The van der Waals surface area contributed by atoms with Crippen LogP contribution in [0, 0.1) is 5.82 Å². The van der Waals surface area contributed by atoms with Crippen molar-refractivity contribution in [3.63, 3.8) is 0 Å². The predicted molar refractivity (Wildman–Crippen MR) is 101 cm³/mol. The topological polar surface area (TPSA) is 68.7 Å². The van der Waals surface area contributed by atoms with Crippen molar-refractivity contribution in [2.75, 3.05) is 67.1 Å². The summed E-state index contributed by atoms with van der Waals surface area (Å²) in [6.07, 6.45) is 2.55. The van der Waals surface area contributed by atoms with E-state index in [1.807, 2.05) is 17.0 Å². The molecule has 0 aliphatic carbocycles. The number of carbonyl (C=O) groups excluding carboxylic acids is 1. The number of rotatable bonds is 4. The summed E-state index contributed by atoms with van der Waals surface area (Å²) in [5.74, 6) is 1.18. The molecule has 142 valence electrons. The lowest BCUT2D eigenvalue weighted by Gasteiger charge is -2.36. The van der Waals surface area contributed by atoms with E-state index in [1.54, 1.807) is 17.2 Å². The molecule has 8 nitrogen and oxygen atoms in total. The Hall–Kier alpha value is -2.97. The minimum Gasteiger partial charge on any atom is -0.366 e. The second-order valence-corrected chi connectivity index (χ2v) is 6.67. The van der Waals surface area contributed by atoms with Crippen LogP contribution in [0.1, 0.15) is 0 Å². The molecule has 2 saturated heterocycles. The smallest absolute Gasteiger partial charge is 0.247 e. The van der Waals surface area contributed by atoms with E-state index in [4.69, 9.17) is 0 Å². The minimum absolute atomic E-state index is 0.194. The van der Waals surface area contributed by atoms with E-state index >= 15 is 0 Å². The zero-order chi connectivity index (χ0) is 18.6. The molecule has 0 saturated carbocycles. The van der Waals surface area contributed by atoms with Crippen LogP contribution in [0.3, 0.4) is 0 Å². The molecule has 2 fully saturated rings. The van der Waals surface area contributed by atoms with Crippen LogP contribution in [0.4, 0.5) is 21.8 Å². The van der Waals surface area contributed by atoms with E-state index in [0.29, 0.717) is 50.9 Å². The number of anilines is 3. The summed E-state index contributed by atoms with van der Waals surface area (Å²) in [4.78, 5) is 23.5. The van der Waals surface area contributed by atoms with Crippen LogP contribution >= 0.6 is 0 Å². The van der Waals surface area contributed by atoms with Crippen LogP contribution in [0.25, 0.3) is 0 Å². The van der Waals surface area contributed by atoms with Crippen molar-refractivity contribution in [1.29, 1.82) is 0 Å². The quantitative estimate of drug-likeness (QED) is 0.730. The van der Waals surface area contributed by atoms with Crippen LogP contribution in [-0.4, -0.2) is 78.8 Å². The van der Waals surface area contributed by atoms with Gasteiger partial charge in [-0.15, -0.1) is 5.10 Å². The van der Waals surface area contributed by atoms with Crippen molar-refractivity contribution in [3.8, 4) is 0 Å². The second kappa shape index (κ2) is 7.73. The molecule has 4 rings (SSSR count). The highest BCUT2D eigenvalue weighted by Crippen LogP contribution is 2.22. The summed E-state index contributed by atoms with van der Waals surface area (Å²) in [5, 5.41) is 8.30. The maximum Gasteiger partial charge on any atom is 0.247 e. The fraction of sp³-hybridized carbons (Fsp3) is 0.444. The molecule has 1 aromatic carbocycles. The number of amides is 1. The number of carbonyl (C=O) groups is 1. The maximum atomic E-state index is 14.0. The Morgan fingerprint density at radius 1 is 0.889 bits per heavy atom. The first-order valence-electron chi connectivity index (χ1n) is 9.13. The summed E-state index contributed by atoms with van der Waals surface area (Å²) in [6, 6.07) is 6.85. The predicted octanol–water partition coefficient (Wildman–Crippen LogP) is 0.616. The van der Waals surface area contributed by atoms with Crippen LogP contribution in [0.5, 0.6) is 0 Å². The molecule has 0 atom stereocenters. The number of hydrogen-bond donors (Lipinski definition) is 0. The van der Waals surface area contributed by atoms with Gasteiger partial charge in [0.05, 0.1) is 11.9 Å². The van der Waals surface area contributed by atoms with E-state index in [-0.39, 0.29) is 5.82 Å². The molecule has 1 aromatic heterocycles. The van der Waals surface area contributed by atoms with Gasteiger partial charge in [0.15, 0.2) is 5.82 Å². The van der Waals surface area contributed by atoms with Crippen molar-refractivity contribution in [2.24, 2.45) is 0 Å². The number of aromatic nitrogens is 3. The number of benzene rings is 1. The Bertz CT molecular complexity index is 789. The standard InChI is InChI=1S/C18H22FN7O/c19-15-3-1-2-4-16(15)24-9-11-26(12-10-24)18-21-17(13-20-22-18)25-7-5-23(14-27)6-8-25/h1-4,13-14H,5-12H2. The van der Waals surface area contributed by atoms with Gasteiger partial charge in [0, 0.05) is 52.4 Å². The average molecular weight is 371 g/mol. The molecule has 0 N–H and O–H groups in total. The SMILES string of the molecule is O=CN1CCN(c2cnnc(N3CCN(c4ccccc4F)CC3)n2)CC1. The van der Waals surface area contributed by atoms with Crippen molar-refractivity contribution in [1.82, 2.24) is 20.1 Å². The molecule has 9 heteroatoms. The Morgan fingerprint density at radius 2 is 1.56 bits per heavy atom. The first kappa shape index (κ1) is 17.4. The summed E-state index contributed by atoms with van der Waals surface area (Å²) in [7, 11) is 0. The lowest BCUT2D eigenvalue weighted by molar-refractivity contribution is -0.118. The van der Waals surface area contributed by atoms with Crippen LogP contribution in [0.2, 0.25) is 0 Å². The molecule has 2 aliphatic rings. The second-order valence-electron chi connectivity index (χ2n) is 6.67. The molecule has 0 unspecified atom stereocenters. The minimum atomic E-state index is -0.194. The molecule has 2 aliphatic heterocycles. The highest BCUT2D eigenvalue weighted by Gasteiger charge is 2.23. The van der Waals surface area contributed by atoms with Crippen LogP contribution in [-0.2, 0) is 4.79 Å². The fourth-order valence-electron chi connectivity index (χ4n) is 3.48. The van der Waals surface area contributed by atoms with Gasteiger partial charge < -0.3 is 19.6 Å². The molecule has 0 spiro atoms. The van der Waals surface area contributed by atoms with Gasteiger partial charge in [-0.3, -0.25) is 4.79 Å². The van der Waals surface area contributed by atoms with Crippen molar-refractivity contribution >= 4 is 23.9 Å². The summed E-state index contributed by atoms with van der Waals surface area (Å²) < 4.78 is 14.0. The lowest BCUT2D eigenvalue weighted by Crippen LogP contribution is -2.48.